The van der Waals surface area contributed by atoms with E-state index in [9.17, 15) is 8.42 Å². The highest BCUT2D eigenvalue weighted by Gasteiger charge is 2.24. The summed E-state index contributed by atoms with van der Waals surface area (Å²) in [4.78, 5) is 0. The Balaban J connectivity index is 1.94. The Bertz CT molecular complexity index is 508. The van der Waals surface area contributed by atoms with Crippen molar-refractivity contribution in [3.63, 3.8) is 0 Å². The molecule has 0 bridgehead atoms. The Morgan fingerprint density at radius 3 is 2.95 bits per heavy atom. The minimum Gasteiger partial charge on any atom is -0.374 e. The van der Waals surface area contributed by atoms with Crippen LogP contribution in [0.4, 0.5) is 0 Å². The molecule has 0 spiro atoms. The van der Waals surface area contributed by atoms with Crippen molar-refractivity contribution >= 4 is 10.0 Å². The molecule has 19 heavy (non-hydrogen) atoms. The Kier molecular flexibility index (Phi) is 4.56. The van der Waals surface area contributed by atoms with Crippen molar-refractivity contribution in [1.82, 2.24) is 14.8 Å². The summed E-state index contributed by atoms with van der Waals surface area (Å²) >= 11 is 0. The first-order chi connectivity index (χ1) is 8.97. The summed E-state index contributed by atoms with van der Waals surface area (Å²) in [5.41, 5.74) is 0.423. The van der Waals surface area contributed by atoms with Gasteiger partial charge in [-0.05, 0) is 6.92 Å². The highest BCUT2D eigenvalue weighted by Crippen LogP contribution is 2.11. The summed E-state index contributed by atoms with van der Waals surface area (Å²) in [6.07, 6.45) is -0.104. The van der Waals surface area contributed by atoms with Gasteiger partial charge in [-0.1, -0.05) is 5.16 Å². The number of hydrogen-bond acceptors (Lipinski definition) is 6. The molecule has 1 aliphatic heterocycles. The number of hydrogen-bond donors (Lipinski definition) is 1. The van der Waals surface area contributed by atoms with E-state index < -0.39 is 10.0 Å². The van der Waals surface area contributed by atoms with Crippen molar-refractivity contribution < 1.29 is 17.7 Å². The zero-order valence-corrected chi connectivity index (χ0v) is 11.9. The quantitative estimate of drug-likeness (QED) is 0.803. The average Bonchev–Trinajstić information content (AvgIpc) is 2.75. The number of aryl methyl sites for hydroxylation is 1. The van der Waals surface area contributed by atoms with Gasteiger partial charge >= 0.3 is 0 Å². The molecular formula is C11H19N3O4S. The van der Waals surface area contributed by atoms with E-state index in [-0.39, 0.29) is 11.9 Å². The van der Waals surface area contributed by atoms with Crippen LogP contribution in [0.5, 0.6) is 0 Å². The molecule has 1 aliphatic rings. The van der Waals surface area contributed by atoms with Gasteiger partial charge in [-0.25, -0.2) is 12.7 Å². The highest BCUT2D eigenvalue weighted by molar-refractivity contribution is 7.88. The van der Waals surface area contributed by atoms with Gasteiger partial charge in [0.1, 0.15) is 17.2 Å². The Hall–Kier alpha value is -0.960. The van der Waals surface area contributed by atoms with Crippen molar-refractivity contribution in [2.75, 3.05) is 33.3 Å². The fraction of sp³-hybridized carbons (Fsp3) is 0.727. The molecule has 1 aromatic heterocycles. The Labute approximate surface area is 112 Å². The van der Waals surface area contributed by atoms with Crippen molar-refractivity contribution in [2.45, 2.75) is 18.8 Å². The molecule has 7 nitrogen and oxygen atoms in total. The Morgan fingerprint density at radius 2 is 2.37 bits per heavy atom. The molecular weight excluding hydrogens is 270 g/mol. The predicted molar refractivity (Wildman–Crippen MR) is 69.1 cm³/mol. The first kappa shape index (κ1) is 14.4. The zero-order chi connectivity index (χ0) is 13.9. The molecule has 8 heteroatoms. The molecule has 1 unspecified atom stereocenters. The highest BCUT2D eigenvalue weighted by atomic mass is 32.2. The van der Waals surface area contributed by atoms with Crippen LogP contribution in [-0.2, 0) is 20.5 Å². The zero-order valence-electron chi connectivity index (χ0n) is 11.1. The Morgan fingerprint density at radius 1 is 1.58 bits per heavy atom. The molecule has 1 fully saturated rings. The van der Waals surface area contributed by atoms with Gasteiger partial charge in [0.25, 0.3) is 0 Å². The van der Waals surface area contributed by atoms with Gasteiger partial charge in [-0.3, -0.25) is 0 Å². The lowest BCUT2D eigenvalue weighted by Crippen LogP contribution is -2.45. The predicted octanol–water partition coefficient (Wildman–Crippen LogP) is -0.267. The van der Waals surface area contributed by atoms with E-state index in [0.29, 0.717) is 31.2 Å². The lowest BCUT2D eigenvalue weighted by Gasteiger charge is -2.27. The number of ether oxygens (including phenoxy) is 1. The lowest BCUT2D eigenvalue weighted by molar-refractivity contribution is 0.0206. The van der Waals surface area contributed by atoms with Crippen molar-refractivity contribution in [3.05, 3.63) is 17.5 Å². The molecule has 1 saturated heterocycles. The minimum atomic E-state index is -3.40. The maximum absolute atomic E-state index is 12.2. The van der Waals surface area contributed by atoms with Gasteiger partial charge in [0.2, 0.25) is 10.0 Å². The van der Waals surface area contributed by atoms with Crippen LogP contribution in [0.25, 0.3) is 0 Å². The van der Waals surface area contributed by atoms with E-state index in [1.807, 2.05) is 0 Å². The van der Waals surface area contributed by atoms with Gasteiger partial charge in [0.15, 0.2) is 0 Å². The topological polar surface area (TPSA) is 84.7 Å². The van der Waals surface area contributed by atoms with Gasteiger partial charge in [-0.2, -0.15) is 0 Å². The number of nitrogens with one attached hydrogen (secondary N) is 1. The average molecular weight is 289 g/mol. The molecule has 108 valence electrons. The van der Waals surface area contributed by atoms with Crippen molar-refractivity contribution in [1.29, 1.82) is 0 Å². The van der Waals surface area contributed by atoms with Crippen LogP contribution < -0.4 is 5.32 Å². The first-order valence-electron chi connectivity index (χ1n) is 6.16. The largest absolute Gasteiger partial charge is 0.374 e. The second kappa shape index (κ2) is 6.00. The van der Waals surface area contributed by atoms with Crippen LogP contribution in [0, 0.1) is 6.92 Å². The number of sulfonamides is 1. The van der Waals surface area contributed by atoms with Crippen molar-refractivity contribution in [3.8, 4) is 0 Å². The number of aromatic nitrogens is 1. The summed E-state index contributed by atoms with van der Waals surface area (Å²) < 4.78 is 36.0. The van der Waals surface area contributed by atoms with Gasteiger partial charge < -0.3 is 14.6 Å². The van der Waals surface area contributed by atoms with Crippen LogP contribution in [0.3, 0.4) is 0 Å². The molecule has 1 aromatic rings. The molecule has 1 atom stereocenters. The van der Waals surface area contributed by atoms with Gasteiger partial charge in [-0.15, -0.1) is 0 Å². The monoisotopic (exact) mass is 289 g/mol. The number of rotatable bonds is 5. The number of nitrogens with zero attached hydrogens (tertiary/aromatic N) is 2. The summed E-state index contributed by atoms with van der Waals surface area (Å²) in [5, 5.41) is 6.88. The van der Waals surface area contributed by atoms with Crippen LogP contribution >= 0.6 is 0 Å². The molecule has 0 radical (unpaired) electrons. The van der Waals surface area contributed by atoms with Gasteiger partial charge in [0, 0.05) is 32.7 Å². The SMILES string of the molecule is Cc1cc(CS(=O)(=O)N(C)CC2CNCCO2)no1. The first-order valence-corrected chi connectivity index (χ1v) is 7.77. The third-order valence-electron chi connectivity index (χ3n) is 2.95. The summed E-state index contributed by atoms with van der Waals surface area (Å²) in [7, 11) is -1.84. The number of morpholine rings is 1. The number of likely N-dealkylation sites (N-methyl/N-ethyl adjacent to an activating group) is 1. The summed E-state index contributed by atoms with van der Waals surface area (Å²) in [6.45, 7) is 4.16. The second-order valence-electron chi connectivity index (χ2n) is 4.66. The van der Waals surface area contributed by atoms with E-state index in [4.69, 9.17) is 9.26 Å². The third-order valence-corrected chi connectivity index (χ3v) is 4.71. The molecule has 0 amide bonds. The van der Waals surface area contributed by atoms with Crippen LogP contribution in [0.15, 0.2) is 10.6 Å². The second-order valence-corrected chi connectivity index (χ2v) is 6.74. The summed E-state index contributed by atoms with van der Waals surface area (Å²) in [6, 6.07) is 1.63. The normalized spacial score (nSPS) is 20.9. The standard InChI is InChI=1S/C11H19N3O4S/c1-9-5-10(13-18-9)8-19(15,16)14(2)7-11-6-12-3-4-17-11/h5,11-12H,3-4,6-8H2,1-2H3. The van der Waals surface area contributed by atoms with Crippen LogP contribution in [-0.4, -0.2) is 57.3 Å². The fourth-order valence-corrected chi connectivity index (χ4v) is 3.04. The van der Waals surface area contributed by atoms with Gasteiger partial charge in [0.05, 0.1) is 12.7 Å². The molecule has 2 rings (SSSR count). The van der Waals surface area contributed by atoms with E-state index in [1.54, 1.807) is 20.0 Å². The molecule has 0 aromatic carbocycles. The molecule has 2 heterocycles. The van der Waals surface area contributed by atoms with Crippen LogP contribution in [0.2, 0.25) is 0 Å². The fourth-order valence-electron chi connectivity index (χ4n) is 1.92. The third kappa shape index (κ3) is 4.00. The smallest absolute Gasteiger partial charge is 0.219 e. The minimum absolute atomic E-state index is 0.104. The molecule has 0 aliphatic carbocycles. The van der Waals surface area contributed by atoms with E-state index in [0.717, 1.165) is 6.54 Å². The van der Waals surface area contributed by atoms with Crippen molar-refractivity contribution in [2.24, 2.45) is 0 Å². The lowest BCUT2D eigenvalue weighted by atomic mass is 10.3. The molecule has 1 N–H and O–H groups in total. The van der Waals surface area contributed by atoms with E-state index in [2.05, 4.69) is 10.5 Å². The molecule has 0 saturated carbocycles. The maximum Gasteiger partial charge on any atom is 0.219 e. The summed E-state index contributed by atoms with van der Waals surface area (Å²) in [5.74, 6) is 0.453. The van der Waals surface area contributed by atoms with Crippen LogP contribution in [0.1, 0.15) is 11.5 Å². The van der Waals surface area contributed by atoms with E-state index in [1.165, 1.54) is 4.31 Å². The van der Waals surface area contributed by atoms with E-state index >= 15 is 0 Å². The maximum atomic E-state index is 12.2.